The third kappa shape index (κ3) is 4.22. The highest BCUT2D eigenvalue weighted by atomic mass is 32.2. The van der Waals surface area contributed by atoms with Crippen LogP contribution < -0.4 is 5.32 Å². The van der Waals surface area contributed by atoms with Gasteiger partial charge in [-0.3, -0.25) is 4.98 Å². The Morgan fingerprint density at radius 2 is 2.20 bits per heavy atom. The Morgan fingerprint density at radius 1 is 1.40 bits per heavy atom. The van der Waals surface area contributed by atoms with Crippen LogP contribution in [-0.2, 0) is 0 Å². The molecule has 1 rings (SSSR count). The van der Waals surface area contributed by atoms with Gasteiger partial charge in [-0.05, 0) is 30.9 Å². The summed E-state index contributed by atoms with van der Waals surface area (Å²) in [4.78, 5) is 4.34. The van der Waals surface area contributed by atoms with Gasteiger partial charge in [-0.2, -0.15) is 11.8 Å². The van der Waals surface area contributed by atoms with Crippen molar-refractivity contribution in [2.45, 2.75) is 26.8 Å². The summed E-state index contributed by atoms with van der Waals surface area (Å²) in [6, 6.07) is 4.69. The average Bonchev–Trinajstić information content (AvgIpc) is 2.25. The Labute approximate surface area is 96.9 Å². The molecule has 0 aromatic carbocycles. The van der Waals surface area contributed by atoms with Crippen molar-refractivity contribution in [2.75, 3.05) is 18.1 Å². The van der Waals surface area contributed by atoms with Gasteiger partial charge >= 0.3 is 0 Å². The predicted molar refractivity (Wildman–Crippen MR) is 68.4 cm³/mol. The molecule has 0 radical (unpaired) electrons. The molecule has 1 aromatic rings. The summed E-state index contributed by atoms with van der Waals surface area (Å²) in [6.45, 7) is 7.36. The van der Waals surface area contributed by atoms with Crippen molar-refractivity contribution in [3.63, 3.8) is 0 Å². The molecular weight excluding hydrogens is 204 g/mol. The van der Waals surface area contributed by atoms with E-state index in [1.807, 2.05) is 24.9 Å². The third-order valence-corrected chi connectivity index (χ3v) is 3.25. The monoisotopic (exact) mass is 224 g/mol. The van der Waals surface area contributed by atoms with E-state index in [9.17, 15) is 0 Å². The van der Waals surface area contributed by atoms with E-state index in [2.05, 4.69) is 36.3 Å². The fraction of sp³-hybridized carbons (Fsp3) is 0.583. The number of nitrogens with zero attached hydrogens (tertiary/aromatic N) is 1. The molecule has 1 N–H and O–H groups in total. The summed E-state index contributed by atoms with van der Waals surface area (Å²) in [5.74, 6) is 2.29. The Hall–Kier alpha value is -0.540. The van der Waals surface area contributed by atoms with Crippen LogP contribution in [0.2, 0.25) is 0 Å². The van der Waals surface area contributed by atoms with Crippen LogP contribution in [-0.4, -0.2) is 23.0 Å². The third-order valence-electron chi connectivity index (χ3n) is 2.28. The van der Waals surface area contributed by atoms with Crippen LogP contribution in [0.3, 0.4) is 0 Å². The molecule has 84 valence electrons. The van der Waals surface area contributed by atoms with Crippen LogP contribution in [0, 0.1) is 6.92 Å². The summed E-state index contributed by atoms with van der Waals surface area (Å²) in [6.07, 6.45) is 1.98. The molecule has 1 atom stereocenters. The van der Waals surface area contributed by atoms with Crippen LogP contribution in [0.15, 0.2) is 18.3 Å². The largest absolute Gasteiger partial charge is 0.309 e. The molecule has 1 unspecified atom stereocenters. The number of aromatic nitrogens is 1. The second-order valence-corrected chi connectivity index (χ2v) is 4.82. The molecule has 0 spiro atoms. The zero-order chi connectivity index (χ0) is 11.1. The van der Waals surface area contributed by atoms with Crippen LogP contribution in [0.4, 0.5) is 0 Å². The number of pyridine rings is 1. The van der Waals surface area contributed by atoms with E-state index >= 15 is 0 Å². The van der Waals surface area contributed by atoms with Crippen LogP contribution in [0.5, 0.6) is 0 Å². The molecule has 1 heterocycles. The highest BCUT2D eigenvalue weighted by Crippen LogP contribution is 2.17. The number of hydrogen-bond donors (Lipinski definition) is 1. The summed E-state index contributed by atoms with van der Waals surface area (Å²) < 4.78 is 0. The quantitative estimate of drug-likeness (QED) is 0.804. The number of nitrogens with one attached hydrogen (secondary N) is 1. The average molecular weight is 224 g/mol. The van der Waals surface area contributed by atoms with E-state index in [-0.39, 0.29) is 0 Å². The van der Waals surface area contributed by atoms with Crippen molar-refractivity contribution in [3.8, 4) is 0 Å². The minimum atomic E-state index is 0.438. The number of hydrogen-bond acceptors (Lipinski definition) is 3. The summed E-state index contributed by atoms with van der Waals surface area (Å²) in [7, 11) is 0. The Kier molecular flexibility index (Phi) is 5.73. The minimum Gasteiger partial charge on any atom is -0.309 e. The van der Waals surface area contributed by atoms with Gasteiger partial charge in [0.25, 0.3) is 0 Å². The van der Waals surface area contributed by atoms with Gasteiger partial charge < -0.3 is 5.32 Å². The maximum atomic E-state index is 4.34. The molecule has 0 amide bonds. The topological polar surface area (TPSA) is 24.9 Å². The molecule has 3 heteroatoms. The molecule has 0 aliphatic carbocycles. The summed E-state index contributed by atoms with van der Waals surface area (Å²) >= 11 is 1.96. The lowest BCUT2D eigenvalue weighted by Crippen LogP contribution is -2.23. The molecule has 0 fully saturated rings. The molecule has 0 aliphatic rings. The Morgan fingerprint density at radius 3 is 2.73 bits per heavy atom. The second kappa shape index (κ2) is 6.85. The first-order valence-electron chi connectivity index (χ1n) is 5.51. The highest BCUT2D eigenvalue weighted by Gasteiger charge is 2.09. The van der Waals surface area contributed by atoms with Gasteiger partial charge in [0.1, 0.15) is 0 Å². The van der Waals surface area contributed by atoms with Gasteiger partial charge in [0.2, 0.25) is 0 Å². The highest BCUT2D eigenvalue weighted by molar-refractivity contribution is 7.99. The normalized spacial score (nSPS) is 12.7. The first-order valence-corrected chi connectivity index (χ1v) is 6.67. The molecule has 0 aliphatic heterocycles. The zero-order valence-corrected chi connectivity index (χ0v) is 10.6. The lowest BCUT2D eigenvalue weighted by atomic mass is 10.1. The fourth-order valence-corrected chi connectivity index (χ4v) is 2.22. The first-order chi connectivity index (χ1) is 7.27. The lowest BCUT2D eigenvalue weighted by molar-refractivity contribution is 0.604. The van der Waals surface area contributed by atoms with Gasteiger partial charge in [0.05, 0.1) is 0 Å². The molecule has 0 saturated carbocycles. The van der Waals surface area contributed by atoms with Crippen LogP contribution >= 0.6 is 11.8 Å². The fourth-order valence-electron chi connectivity index (χ4n) is 1.44. The van der Waals surface area contributed by atoms with Gasteiger partial charge in [-0.15, -0.1) is 0 Å². The smallest absolute Gasteiger partial charge is 0.0427 e. The molecule has 2 nitrogen and oxygen atoms in total. The van der Waals surface area contributed by atoms with E-state index in [4.69, 9.17) is 0 Å². The van der Waals surface area contributed by atoms with Crippen molar-refractivity contribution < 1.29 is 0 Å². The number of thioether (sulfide) groups is 1. The number of rotatable bonds is 6. The van der Waals surface area contributed by atoms with E-state index < -0.39 is 0 Å². The zero-order valence-electron chi connectivity index (χ0n) is 9.79. The van der Waals surface area contributed by atoms with E-state index in [0.717, 1.165) is 18.0 Å². The second-order valence-electron chi connectivity index (χ2n) is 3.50. The van der Waals surface area contributed by atoms with Crippen molar-refractivity contribution >= 4 is 11.8 Å². The van der Waals surface area contributed by atoms with Crippen molar-refractivity contribution in [1.29, 1.82) is 0 Å². The van der Waals surface area contributed by atoms with E-state index in [0.29, 0.717) is 6.04 Å². The SMILES string of the molecule is CCNC(CSCC)c1ccc(C)nc1. The van der Waals surface area contributed by atoms with Crippen molar-refractivity contribution in [1.82, 2.24) is 10.3 Å². The maximum Gasteiger partial charge on any atom is 0.0427 e. The lowest BCUT2D eigenvalue weighted by Gasteiger charge is -2.17. The Bertz CT molecular complexity index is 271. The van der Waals surface area contributed by atoms with Gasteiger partial charge in [-0.1, -0.05) is 19.9 Å². The molecule has 0 bridgehead atoms. The minimum absolute atomic E-state index is 0.438. The van der Waals surface area contributed by atoms with Crippen LogP contribution in [0.25, 0.3) is 0 Å². The molecular formula is C12H20N2S. The molecule has 1 aromatic heterocycles. The first kappa shape index (κ1) is 12.5. The molecule has 15 heavy (non-hydrogen) atoms. The van der Waals surface area contributed by atoms with Crippen LogP contribution in [0.1, 0.15) is 31.1 Å². The van der Waals surface area contributed by atoms with Gasteiger partial charge in [0, 0.05) is 23.7 Å². The Balaban J connectivity index is 2.65. The van der Waals surface area contributed by atoms with Gasteiger partial charge in [0.15, 0.2) is 0 Å². The van der Waals surface area contributed by atoms with E-state index in [1.54, 1.807) is 0 Å². The van der Waals surface area contributed by atoms with Crippen molar-refractivity contribution in [2.24, 2.45) is 0 Å². The predicted octanol–water partition coefficient (Wildman–Crippen LogP) is 2.79. The van der Waals surface area contributed by atoms with Crippen molar-refractivity contribution in [3.05, 3.63) is 29.6 Å². The van der Waals surface area contributed by atoms with Gasteiger partial charge in [-0.25, -0.2) is 0 Å². The standard InChI is InChI=1S/C12H20N2S/c1-4-13-12(9-15-5-2)11-7-6-10(3)14-8-11/h6-8,12-13H,4-5,9H2,1-3H3. The van der Waals surface area contributed by atoms with E-state index in [1.165, 1.54) is 11.3 Å². The molecule has 0 saturated heterocycles. The summed E-state index contributed by atoms with van der Waals surface area (Å²) in [5.41, 5.74) is 2.38. The summed E-state index contributed by atoms with van der Waals surface area (Å²) in [5, 5.41) is 3.49. The maximum absolute atomic E-state index is 4.34. The number of aryl methyl sites for hydroxylation is 1.